The van der Waals surface area contributed by atoms with Gasteiger partial charge < -0.3 is 31.1 Å². The van der Waals surface area contributed by atoms with Gasteiger partial charge in [0.1, 0.15) is 24.5 Å². The fourth-order valence-electron chi connectivity index (χ4n) is 3.40. The number of carbonyl (C=O) groups excluding carboxylic acids is 3. The Labute approximate surface area is 202 Å². The maximum absolute atomic E-state index is 12.9. The minimum Gasteiger partial charge on any atom is -0.478 e. The van der Waals surface area contributed by atoms with Crippen molar-refractivity contribution in [3.63, 3.8) is 0 Å². The molecule has 2 aromatic rings. The van der Waals surface area contributed by atoms with Crippen LogP contribution in [0.15, 0.2) is 66.5 Å². The number of amides is 3. The van der Waals surface area contributed by atoms with Crippen molar-refractivity contribution >= 4 is 23.9 Å². The summed E-state index contributed by atoms with van der Waals surface area (Å²) in [7, 11) is 0. The van der Waals surface area contributed by atoms with Gasteiger partial charge in [-0.25, -0.2) is 9.59 Å². The van der Waals surface area contributed by atoms with Gasteiger partial charge in [-0.3, -0.25) is 9.59 Å². The Kier molecular flexibility index (Phi) is 8.44. The lowest BCUT2D eigenvalue weighted by atomic mass is 10.0. The molecule has 3 rings (SSSR count). The van der Waals surface area contributed by atoms with Crippen LogP contribution in [0, 0.1) is 5.92 Å². The van der Waals surface area contributed by atoms with Crippen LogP contribution in [0.1, 0.15) is 47.9 Å². The molecule has 10 heteroatoms. The van der Waals surface area contributed by atoms with Crippen LogP contribution in [0.4, 0.5) is 4.79 Å². The highest BCUT2D eigenvalue weighted by molar-refractivity contribution is 5.99. The second kappa shape index (κ2) is 11.7. The zero-order chi connectivity index (χ0) is 25.4. The SMILES string of the molecule is CC(C)CC(NC(=O)OCc1ccccc1)C(=O)NC1=CNC(c2ccc(C(=O)O)cc2)NC1=O. The Morgan fingerprint density at radius 1 is 1.06 bits per heavy atom. The second-order valence-corrected chi connectivity index (χ2v) is 8.44. The van der Waals surface area contributed by atoms with E-state index in [-0.39, 0.29) is 23.8 Å². The third-order valence-electron chi connectivity index (χ3n) is 5.19. The minimum atomic E-state index is -1.05. The zero-order valence-electron chi connectivity index (χ0n) is 19.4. The number of rotatable bonds is 9. The van der Waals surface area contributed by atoms with E-state index in [0.717, 1.165) is 5.56 Å². The smallest absolute Gasteiger partial charge is 0.408 e. The van der Waals surface area contributed by atoms with E-state index < -0.39 is 36.1 Å². The molecule has 0 radical (unpaired) electrons. The van der Waals surface area contributed by atoms with Crippen LogP contribution < -0.4 is 21.3 Å². The van der Waals surface area contributed by atoms with Gasteiger partial charge in [0.25, 0.3) is 5.91 Å². The summed E-state index contributed by atoms with van der Waals surface area (Å²) in [6, 6.07) is 14.3. The van der Waals surface area contributed by atoms with E-state index in [1.807, 2.05) is 44.2 Å². The molecular formula is C25H28N4O6. The van der Waals surface area contributed by atoms with Crippen LogP contribution in [-0.2, 0) is 20.9 Å². The maximum Gasteiger partial charge on any atom is 0.408 e. The van der Waals surface area contributed by atoms with Gasteiger partial charge in [0.2, 0.25) is 5.91 Å². The van der Waals surface area contributed by atoms with Crippen LogP contribution in [0.25, 0.3) is 0 Å². The lowest BCUT2D eigenvalue weighted by molar-refractivity contribution is -0.126. The Morgan fingerprint density at radius 2 is 1.74 bits per heavy atom. The van der Waals surface area contributed by atoms with Crippen LogP contribution in [0.5, 0.6) is 0 Å². The fourth-order valence-corrected chi connectivity index (χ4v) is 3.40. The van der Waals surface area contributed by atoms with Gasteiger partial charge in [0, 0.05) is 6.20 Å². The summed E-state index contributed by atoms with van der Waals surface area (Å²) >= 11 is 0. The zero-order valence-corrected chi connectivity index (χ0v) is 19.4. The predicted octanol–water partition coefficient (Wildman–Crippen LogP) is 2.40. The molecule has 1 aliphatic rings. The van der Waals surface area contributed by atoms with Gasteiger partial charge in [-0.2, -0.15) is 0 Å². The van der Waals surface area contributed by atoms with Crippen molar-refractivity contribution < 1.29 is 29.0 Å². The number of nitrogens with one attached hydrogen (secondary N) is 4. The number of hydrogen-bond acceptors (Lipinski definition) is 6. The van der Waals surface area contributed by atoms with Crippen LogP contribution >= 0.6 is 0 Å². The number of alkyl carbamates (subject to hydrolysis) is 1. The van der Waals surface area contributed by atoms with Gasteiger partial charge in [0.15, 0.2) is 0 Å². The second-order valence-electron chi connectivity index (χ2n) is 8.44. The summed E-state index contributed by atoms with van der Waals surface area (Å²) in [6.07, 6.45) is 0.378. The predicted molar refractivity (Wildman–Crippen MR) is 127 cm³/mol. The lowest BCUT2D eigenvalue weighted by Crippen LogP contribution is -2.51. The molecular weight excluding hydrogens is 452 g/mol. The van der Waals surface area contributed by atoms with E-state index in [2.05, 4.69) is 21.3 Å². The van der Waals surface area contributed by atoms with Crippen LogP contribution in [0.3, 0.4) is 0 Å². The monoisotopic (exact) mass is 480 g/mol. The molecule has 2 atom stereocenters. The van der Waals surface area contributed by atoms with E-state index in [1.165, 1.54) is 18.3 Å². The van der Waals surface area contributed by atoms with Crippen LogP contribution in [0.2, 0.25) is 0 Å². The average Bonchev–Trinajstić information content (AvgIpc) is 2.84. The Balaban J connectivity index is 1.59. The van der Waals surface area contributed by atoms with E-state index in [1.54, 1.807) is 12.1 Å². The largest absolute Gasteiger partial charge is 0.478 e. The summed E-state index contributed by atoms with van der Waals surface area (Å²) in [4.78, 5) is 48.7. The molecule has 0 aliphatic carbocycles. The maximum atomic E-state index is 12.9. The number of carboxylic acids is 1. The summed E-state index contributed by atoms with van der Waals surface area (Å²) < 4.78 is 5.21. The third kappa shape index (κ3) is 7.32. The van der Waals surface area contributed by atoms with E-state index in [4.69, 9.17) is 9.84 Å². The Morgan fingerprint density at radius 3 is 2.34 bits per heavy atom. The highest BCUT2D eigenvalue weighted by atomic mass is 16.5. The van der Waals surface area contributed by atoms with Crippen molar-refractivity contribution in [1.29, 1.82) is 0 Å². The first-order valence-electron chi connectivity index (χ1n) is 11.1. The summed E-state index contributed by atoms with van der Waals surface area (Å²) in [5, 5.41) is 19.8. The molecule has 2 aromatic carbocycles. The first-order chi connectivity index (χ1) is 16.7. The molecule has 0 saturated heterocycles. The molecule has 10 nitrogen and oxygen atoms in total. The standard InChI is InChI=1S/C25H28N4O6/c1-15(2)12-19(28-25(34)35-14-16-6-4-3-5-7-16)22(30)27-20-13-26-21(29-23(20)31)17-8-10-18(11-9-17)24(32)33/h3-11,13,15,19,21,26H,12,14H2,1-2H3,(H,27,30)(H,28,34)(H,29,31)(H,32,33). The molecule has 0 spiro atoms. The quantitative estimate of drug-likeness (QED) is 0.370. The highest BCUT2D eigenvalue weighted by Gasteiger charge is 2.28. The van der Waals surface area contributed by atoms with Gasteiger partial charge in [-0.15, -0.1) is 0 Å². The summed E-state index contributed by atoms with van der Waals surface area (Å²) in [5.74, 6) is -2.04. The first-order valence-corrected chi connectivity index (χ1v) is 11.1. The molecule has 0 bridgehead atoms. The molecule has 2 unspecified atom stereocenters. The van der Waals surface area contributed by atoms with Crippen molar-refractivity contribution in [3.05, 3.63) is 83.2 Å². The number of carbonyl (C=O) groups is 4. The molecule has 35 heavy (non-hydrogen) atoms. The van der Waals surface area contributed by atoms with Crippen molar-refractivity contribution in [2.45, 2.75) is 39.1 Å². The number of ether oxygens (including phenoxy) is 1. The number of aromatic carboxylic acids is 1. The first kappa shape index (κ1) is 25.3. The van der Waals surface area contributed by atoms with Crippen molar-refractivity contribution in [1.82, 2.24) is 21.3 Å². The van der Waals surface area contributed by atoms with Gasteiger partial charge in [0.05, 0.1) is 5.56 Å². The van der Waals surface area contributed by atoms with Crippen molar-refractivity contribution in [2.24, 2.45) is 5.92 Å². The fraction of sp³-hybridized carbons (Fsp3) is 0.280. The molecule has 184 valence electrons. The lowest BCUT2D eigenvalue weighted by Gasteiger charge is -2.27. The minimum absolute atomic E-state index is 0.0124. The Bertz CT molecular complexity index is 1100. The number of hydrogen-bond donors (Lipinski definition) is 5. The van der Waals surface area contributed by atoms with Crippen molar-refractivity contribution in [3.8, 4) is 0 Å². The van der Waals surface area contributed by atoms with E-state index in [9.17, 15) is 19.2 Å². The molecule has 1 aliphatic heterocycles. The van der Waals surface area contributed by atoms with E-state index >= 15 is 0 Å². The molecule has 0 aromatic heterocycles. The summed E-state index contributed by atoms with van der Waals surface area (Å²) in [5.41, 5.74) is 1.58. The topological polar surface area (TPSA) is 146 Å². The molecule has 3 amide bonds. The number of benzene rings is 2. The number of carboxylic acid groups (broad SMARTS) is 1. The van der Waals surface area contributed by atoms with E-state index in [0.29, 0.717) is 12.0 Å². The van der Waals surface area contributed by atoms with Gasteiger partial charge in [-0.05, 0) is 35.6 Å². The van der Waals surface area contributed by atoms with Gasteiger partial charge >= 0.3 is 12.1 Å². The molecule has 0 fully saturated rings. The molecule has 1 heterocycles. The average molecular weight is 481 g/mol. The van der Waals surface area contributed by atoms with Crippen molar-refractivity contribution in [2.75, 3.05) is 0 Å². The Hall–Kier alpha value is -4.34. The summed E-state index contributed by atoms with van der Waals surface area (Å²) in [6.45, 7) is 3.88. The third-order valence-corrected chi connectivity index (χ3v) is 5.19. The molecule has 0 saturated carbocycles. The van der Waals surface area contributed by atoms with Crippen LogP contribution in [-0.4, -0.2) is 35.0 Å². The van der Waals surface area contributed by atoms with Gasteiger partial charge in [-0.1, -0.05) is 56.3 Å². The highest BCUT2D eigenvalue weighted by Crippen LogP contribution is 2.15. The normalized spacial score (nSPS) is 15.8. The molecule has 5 N–H and O–H groups in total.